The molecule has 0 fully saturated rings. The molecule has 0 unspecified atom stereocenters. The Kier molecular flexibility index (Phi) is 10.2. The van der Waals surface area contributed by atoms with E-state index in [4.69, 9.17) is 14.6 Å². The summed E-state index contributed by atoms with van der Waals surface area (Å²) in [5, 5.41) is 18.7. The summed E-state index contributed by atoms with van der Waals surface area (Å²) in [6.07, 6.45) is 1.10. The van der Waals surface area contributed by atoms with Crippen LogP contribution >= 0.6 is 0 Å². The molecule has 0 rings (SSSR count). The predicted molar refractivity (Wildman–Crippen MR) is 87.8 cm³/mol. The number of carbonyl (C=O) groups is 4. The van der Waals surface area contributed by atoms with Crippen molar-refractivity contribution in [3.63, 3.8) is 0 Å². The van der Waals surface area contributed by atoms with Gasteiger partial charge in [-0.1, -0.05) is 33.3 Å². The highest BCUT2D eigenvalue weighted by atomic mass is 16.5. The van der Waals surface area contributed by atoms with Gasteiger partial charge < -0.3 is 19.7 Å². The van der Waals surface area contributed by atoms with Gasteiger partial charge in [0.15, 0.2) is 0 Å². The van der Waals surface area contributed by atoms with E-state index in [0.717, 1.165) is 12.8 Å². The molecule has 0 amide bonds. The molecular formula is C17H26O8. The Labute approximate surface area is 146 Å². The second-order valence-electron chi connectivity index (χ2n) is 5.67. The molecule has 0 spiro atoms. The lowest BCUT2D eigenvalue weighted by Gasteiger charge is -2.27. The van der Waals surface area contributed by atoms with Gasteiger partial charge in [0.1, 0.15) is 5.41 Å². The van der Waals surface area contributed by atoms with Crippen LogP contribution in [0.4, 0.5) is 0 Å². The van der Waals surface area contributed by atoms with Gasteiger partial charge in [-0.2, -0.15) is 0 Å². The number of hydrogen-bond donors (Lipinski definition) is 2. The first-order chi connectivity index (χ1) is 11.7. The normalized spacial score (nSPS) is 10.8. The summed E-state index contributed by atoms with van der Waals surface area (Å²) in [6, 6.07) is 0. The minimum Gasteiger partial charge on any atom is -0.481 e. The molecule has 0 bridgehead atoms. The van der Waals surface area contributed by atoms with Crippen molar-refractivity contribution in [3.05, 3.63) is 12.2 Å². The van der Waals surface area contributed by atoms with E-state index in [2.05, 4.69) is 6.58 Å². The smallest absolute Gasteiger partial charge is 0.332 e. The zero-order valence-electron chi connectivity index (χ0n) is 14.7. The maximum atomic E-state index is 11.9. The second-order valence-corrected chi connectivity index (χ2v) is 5.67. The van der Waals surface area contributed by atoms with Gasteiger partial charge in [-0.05, 0) is 12.8 Å². The zero-order valence-corrected chi connectivity index (χ0v) is 14.7. The highest BCUT2D eigenvalue weighted by Crippen LogP contribution is 2.36. The van der Waals surface area contributed by atoms with Crippen LogP contribution in [0.25, 0.3) is 0 Å². The van der Waals surface area contributed by atoms with Crippen LogP contribution in [-0.2, 0) is 28.7 Å². The molecule has 0 saturated heterocycles. The molecule has 0 aliphatic carbocycles. The molecule has 0 heterocycles. The fraction of sp³-hybridized carbons (Fsp3) is 0.647. The van der Waals surface area contributed by atoms with Gasteiger partial charge in [0.05, 0.1) is 26.1 Å². The molecule has 0 aromatic carbocycles. The van der Waals surface area contributed by atoms with Crippen LogP contribution in [0.15, 0.2) is 12.2 Å². The Bertz CT molecular complexity index is 485. The van der Waals surface area contributed by atoms with E-state index in [1.165, 1.54) is 0 Å². The Morgan fingerprint density at radius 1 is 0.880 bits per heavy atom. The molecular weight excluding hydrogens is 332 g/mol. The fourth-order valence-corrected chi connectivity index (χ4v) is 2.02. The number of carboxylic acid groups (broad SMARTS) is 2. The van der Waals surface area contributed by atoms with Crippen molar-refractivity contribution in [1.82, 2.24) is 0 Å². The average molecular weight is 358 g/mol. The molecule has 0 aromatic rings. The summed E-state index contributed by atoms with van der Waals surface area (Å²) in [5.74, 6) is -5.05. The SMILES string of the molecule is C=C(C(=O)O)C(CC(=O)OCCCC)(CC(=O)OCCCC)C(=O)O. The van der Waals surface area contributed by atoms with E-state index in [-0.39, 0.29) is 13.2 Å². The van der Waals surface area contributed by atoms with Crippen molar-refractivity contribution in [2.75, 3.05) is 13.2 Å². The molecule has 0 aliphatic heterocycles. The largest absolute Gasteiger partial charge is 0.481 e. The van der Waals surface area contributed by atoms with Crippen LogP contribution < -0.4 is 0 Å². The van der Waals surface area contributed by atoms with E-state index < -0.39 is 47.7 Å². The lowest BCUT2D eigenvalue weighted by atomic mass is 9.75. The summed E-state index contributed by atoms with van der Waals surface area (Å²) in [6.45, 7) is 7.19. The number of aliphatic carboxylic acids is 2. The number of ether oxygens (including phenoxy) is 2. The average Bonchev–Trinajstić information content (AvgIpc) is 2.53. The molecule has 25 heavy (non-hydrogen) atoms. The van der Waals surface area contributed by atoms with Crippen molar-refractivity contribution >= 4 is 23.9 Å². The van der Waals surface area contributed by atoms with Gasteiger partial charge >= 0.3 is 23.9 Å². The maximum absolute atomic E-state index is 11.9. The molecule has 8 heteroatoms. The first-order valence-electron chi connectivity index (χ1n) is 8.18. The monoisotopic (exact) mass is 358 g/mol. The minimum absolute atomic E-state index is 0.0888. The first kappa shape index (κ1) is 22.6. The van der Waals surface area contributed by atoms with Crippen LogP contribution in [0.5, 0.6) is 0 Å². The summed E-state index contributed by atoms with van der Waals surface area (Å²) < 4.78 is 9.82. The van der Waals surface area contributed by atoms with Gasteiger partial charge in [0, 0.05) is 5.57 Å². The summed E-state index contributed by atoms with van der Waals surface area (Å²) in [5.41, 5.74) is -3.07. The van der Waals surface area contributed by atoms with E-state index in [9.17, 15) is 24.3 Å². The number of rotatable bonds is 13. The van der Waals surface area contributed by atoms with Gasteiger partial charge in [-0.25, -0.2) is 4.79 Å². The number of carbonyl (C=O) groups excluding carboxylic acids is 2. The third-order valence-electron chi connectivity index (χ3n) is 3.66. The first-order valence-corrected chi connectivity index (χ1v) is 8.18. The summed E-state index contributed by atoms with van der Waals surface area (Å²) >= 11 is 0. The van der Waals surface area contributed by atoms with Crippen molar-refractivity contribution in [1.29, 1.82) is 0 Å². The Morgan fingerprint density at radius 2 is 1.28 bits per heavy atom. The molecule has 2 N–H and O–H groups in total. The lowest BCUT2D eigenvalue weighted by molar-refractivity contribution is -0.162. The van der Waals surface area contributed by atoms with E-state index in [0.29, 0.717) is 12.8 Å². The van der Waals surface area contributed by atoms with Crippen molar-refractivity contribution in [2.24, 2.45) is 5.41 Å². The lowest BCUT2D eigenvalue weighted by Crippen LogP contribution is -2.40. The van der Waals surface area contributed by atoms with Gasteiger partial charge in [0.2, 0.25) is 0 Å². The predicted octanol–water partition coefficient (Wildman–Crippen LogP) is 2.17. The highest BCUT2D eigenvalue weighted by molar-refractivity contribution is 6.00. The van der Waals surface area contributed by atoms with E-state index >= 15 is 0 Å². The fourth-order valence-electron chi connectivity index (χ4n) is 2.02. The molecule has 0 saturated carbocycles. The van der Waals surface area contributed by atoms with E-state index in [1.54, 1.807) is 0 Å². The van der Waals surface area contributed by atoms with Gasteiger partial charge in [-0.15, -0.1) is 0 Å². The number of carboxylic acids is 2. The Hall–Kier alpha value is -2.38. The number of esters is 2. The van der Waals surface area contributed by atoms with Crippen molar-refractivity contribution in [3.8, 4) is 0 Å². The van der Waals surface area contributed by atoms with Gasteiger partial charge in [0.25, 0.3) is 0 Å². The van der Waals surface area contributed by atoms with Crippen LogP contribution in [0.3, 0.4) is 0 Å². The van der Waals surface area contributed by atoms with Crippen molar-refractivity contribution < 1.29 is 38.9 Å². The number of hydrogen-bond acceptors (Lipinski definition) is 6. The van der Waals surface area contributed by atoms with Crippen LogP contribution in [0.2, 0.25) is 0 Å². The Morgan fingerprint density at radius 3 is 1.56 bits per heavy atom. The maximum Gasteiger partial charge on any atom is 0.332 e. The van der Waals surface area contributed by atoms with Crippen LogP contribution in [0.1, 0.15) is 52.4 Å². The minimum atomic E-state index is -2.31. The summed E-state index contributed by atoms with van der Waals surface area (Å²) in [4.78, 5) is 46.9. The number of unbranched alkanes of at least 4 members (excludes halogenated alkanes) is 2. The second kappa shape index (κ2) is 11.2. The van der Waals surface area contributed by atoms with Gasteiger partial charge in [-0.3, -0.25) is 14.4 Å². The van der Waals surface area contributed by atoms with Crippen LogP contribution in [0, 0.1) is 5.41 Å². The summed E-state index contributed by atoms with van der Waals surface area (Å²) in [7, 11) is 0. The van der Waals surface area contributed by atoms with E-state index in [1.807, 2.05) is 13.8 Å². The standard InChI is InChI=1S/C17H26O8/c1-4-6-8-24-13(18)10-17(16(22)23,12(3)15(20)21)11-14(19)25-9-7-5-2/h3-11H2,1-2H3,(H,20,21)(H,22,23). The molecule has 0 aromatic heterocycles. The quantitative estimate of drug-likeness (QED) is 0.291. The molecule has 0 aliphatic rings. The highest BCUT2D eigenvalue weighted by Gasteiger charge is 2.48. The molecule has 0 radical (unpaired) electrons. The van der Waals surface area contributed by atoms with Crippen molar-refractivity contribution in [2.45, 2.75) is 52.4 Å². The zero-order chi connectivity index (χ0) is 19.5. The molecule has 0 atom stereocenters. The molecule has 8 nitrogen and oxygen atoms in total. The molecule has 142 valence electrons. The topological polar surface area (TPSA) is 127 Å². The third kappa shape index (κ3) is 7.36. The van der Waals surface area contributed by atoms with Crippen LogP contribution in [-0.4, -0.2) is 47.3 Å². The third-order valence-corrected chi connectivity index (χ3v) is 3.66. The Balaban J connectivity index is 5.35.